The van der Waals surface area contributed by atoms with Gasteiger partial charge in [0.25, 0.3) is 0 Å². The number of carbonyl (C=O) groups is 1. The molecule has 0 aromatic heterocycles. The van der Waals surface area contributed by atoms with Crippen LogP contribution in [0.1, 0.15) is 51.9 Å². The van der Waals surface area contributed by atoms with Crippen LogP contribution >= 0.6 is 0 Å². The van der Waals surface area contributed by atoms with Crippen molar-refractivity contribution in [3.63, 3.8) is 0 Å². The Hall–Kier alpha value is -0.330. The summed E-state index contributed by atoms with van der Waals surface area (Å²) in [5, 5.41) is 0. The maximum atomic E-state index is 11.4. The Balaban J connectivity index is 2.13. The lowest BCUT2D eigenvalue weighted by atomic mass is 9.68. The predicted octanol–water partition coefficient (Wildman–Crippen LogP) is 2.94. The van der Waals surface area contributed by atoms with E-state index in [0.717, 1.165) is 25.2 Å². The second kappa shape index (κ2) is 2.86. The van der Waals surface area contributed by atoms with Crippen LogP contribution in [0, 0.1) is 11.3 Å². The maximum Gasteiger partial charge on any atom is 0.133 e. The topological polar surface area (TPSA) is 17.1 Å². The molecule has 0 aromatic rings. The van der Waals surface area contributed by atoms with Crippen molar-refractivity contribution in [3.8, 4) is 0 Å². The number of carbonyl (C=O) groups excluding carboxylic acids is 1. The Morgan fingerprint density at radius 1 is 1.33 bits per heavy atom. The van der Waals surface area contributed by atoms with Gasteiger partial charge >= 0.3 is 0 Å². The molecule has 1 nitrogen and oxygen atoms in total. The van der Waals surface area contributed by atoms with Gasteiger partial charge in [0.05, 0.1) is 0 Å². The molecule has 2 fully saturated rings. The molecule has 0 aliphatic heterocycles. The zero-order chi connectivity index (χ0) is 8.60. The Bertz CT molecular complexity index is 197. The van der Waals surface area contributed by atoms with Crippen LogP contribution in [0.2, 0.25) is 0 Å². The fourth-order valence-electron chi connectivity index (χ4n) is 3.15. The van der Waals surface area contributed by atoms with Gasteiger partial charge in [0.1, 0.15) is 5.78 Å². The second-order valence-electron chi connectivity index (χ2n) is 4.72. The standard InChI is InChI=1S/C11H18O/c1-9-4-2-6-11(9)7-3-5-10(12)8-11/h9H,2-8H2,1H3. The molecular formula is C11H18O. The summed E-state index contributed by atoms with van der Waals surface area (Å²) in [5.74, 6) is 1.33. The van der Waals surface area contributed by atoms with Gasteiger partial charge in [-0.3, -0.25) is 4.79 Å². The second-order valence-corrected chi connectivity index (χ2v) is 4.72. The fraction of sp³-hybridized carbons (Fsp3) is 0.909. The fourth-order valence-corrected chi connectivity index (χ4v) is 3.15. The predicted molar refractivity (Wildman–Crippen MR) is 48.9 cm³/mol. The van der Waals surface area contributed by atoms with Crippen LogP contribution in [0.3, 0.4) is 0 Å². The van der Waals surface area contributed by atoms with E-state index in [-0.39, 0.29) is 0 Å². The molecule has 1 spiro atoms. The summed E-state index contributed by atoms with van der Waals surface area (Å²) in [4.78, 5) is 11.4. The molecule has 0 N–H and O–H groups in total. The Morgan fingerprint density at radius 2 is 2.08 bits per heavy atom. The lowest BCUT2D eigenvalue weighted by Crippen LogP contribution is -2.30. The Morgan fingerprint density at radius 3 is 2.67 bits per heavy atom. The van der Waals surface area contributed by atoms with Crippen LogP contribution in [0.25, 0.3) is 0 Å². The van der Waals surface area contributed by atoms with E-state index < -0.39 is 0 Å². The Labute approximate surface area is 74.5 Å². The average molecular weight is 166 g/mol. The van der Waals surface area contributed by atoms with Crippen molar-refractivity contribution < 1.29 is 4.79 Å². The van der Waals surface area contributed by atoms with E-state index in [9.17, 15) is 4.79 Å². The number of hydrogen-bond acceptors (Lipinski definition) is 1. The largest absolute Gasteiger partial charge is 0.300 e. The third-order valence-corrected chi connectivity index (χ3v) is 4.04. The van der Waals surface area contributed by atoms with Gasteiger partial charge in [-0.25, -0.2) is 0 Å². The summed E-state index contributed by atoms with van der Waals surface area (Å²) in [5.41, 5.74) is 0.454. The zero-order valence-electron chi connectivity index (χ0n) is 7.94. The van der Waals surface area contributed by atoms with Gasteiger partial charge < -0.3 is 0 Å². The van der Waals surface area contributed by atoms with Gasteiger partial charge in [-0.15, -0.1) is 0 Å². The summed E-state index contributed by atoms with van der Waals surface area (Å²) in [6.45, 7) is 2.34. The summed E-state index contributed by atoms with van der Waals surface area (Å²) in [6, 6.07) is 0. The minimum Gasteiger partial charge on any atom is -0.300 e. The number of hydrogen-bond donors (Lipinski definition) is 0. The van der Waals surface area contributed by atoms with E-state index in [0.29, 0.717) is 11.2 Å². The van der Waals surface area contributed by atoms with Crippen molar-refractivity contribution in [2.24, 2.45) is 11.3 Å². The van der Waals surface area contributed by atoms with Crippen molar-refractivity contribution in [1.82, 2.24) is 0 Å². The summed E-state index contributed by atoms with van der Waals surface area (Å²) in [7, 11) is 0. The van der Waals surface area contributed by atoms with Gasteiger partial charge in [0.15, 0.2) is 0 Å². The normalized spacial score (nSPS) is 42.4. The molecule has 1 heteroatoms. The molecule has 12 heavy (non-hydrogen) atoms. The maximum absolute atomic E-state index is 11.4. The van der Waals surface area contributed by atoms with Crippen molar-refractivity contribution >= 4 is 5.78 Å². The van der Waals surface area contributed by atoms with Gasteiger partial charge in [0, 0.05) is 12.8 Å². The summed E-state index contributed by atoms with van der Waals surface area (Å²) in [6.07, 6.45) is 8.26. The highest BCUT2D eigenvalue weighted by Crippen LogP contribution is 2.51. The van der Waals surface area contributed by atoms with Gasteiger partial charge in [0.2, 0.25) is 0 Å². The van der Waals surface area contributed by atoms with Crippen LogP contribution in [-0.4, -0.2) is 5.78 Å². The summed E-state index contributed by atoms with van der Waals surface area (Å²) < 4.78 is 0. The van der Waals surface area contributed by atoms with Crippen molar-refractivity contribution in [1.29, 1.82) is 0 Å². The molecule has 2 rings (SSSR count). The number of Topliss-reactive ketones (excluding diaryl/α,β-unsaturated/α-hetero) is 1. The van der Waals surface area contributed by atoms with Crippen LogP contribution in [0.5, 0.6) is 0 Å². The molecule has 2 aliphatic rings. The smallest absolute Gasteiger partial charge is 0.133 e. The monoisotopic (exact) mass is 166 g/mol. The quantitative estimate of drug-likeness (QED) is 0.540. The highest BCUT2D eigenvalue weighted by Gasteiger charge is 2.42. The van der Waals surface area contributed by atoms with E-state index in [2.05, 4.69) is 6.92 Å². The molecule has 0 radical (unpaired) electrons. The molecule has 68 valence electrons. The first-order valence-corrected chi connectivity index (χ1v) is 5.25. The van der Waals surface area contributed by atoms with Crippen LogP contribution in [0.4, 0.5) is 0 Å². The minimum absolute atomic E-state index is 0.454. The molecule has 0 aromatic carbocycles. The SMILES string of the molecule is CC1CCCC12CCCC(=O)C2. The van der Waals surface area contributed by atoms with Gasteiger partial charge in [-0.1, -0.05) is 19.8 Å². The number of rotatable bonds is 0. The van der Waals surface area contributed by atoms with Crippen LogP contribution in [0.15, 0.2) is 0 Å². The van der Waals surface area contributed by atoms with Crippen molar-refractivity contribution in [2.45, 2.75) is 51.9 Å². The van der Waals surface area contributed by atoms with E-state index >= 15 is 0 Å². The molecule has 0 saturated heterocycles. The molecule has 2 unspecified atom stereocenters. The highest BCUT2D eigenvalue weighted by atomic mass is 16.1. The molecule has 2 saturated carbocycles. The molecule has 0 bridgehead atoms. The highest BCUT2D eigenvalue weighted by molar-refractivity contribution is 5.80. The van der Waals surface area contributed by atoms with Crippen LogP contribution in [-0.2, 0) is 4.79 Å². The van der Waals surface area contributed by atoms with Gasteiger partial charge in [-0.2, -0.15) is 0 Å². The van der Waals surface area contributed by atoms with E-state index in [1.54, 1.807) is 0 Å². The third kappa shape index (κ3) is 1.19. The molecule has 0 heterocycles. The molecular weight excluding hydrogens is 148 g/mol. The Kier molecular flexibility index (Phi) is 1.97. The van der Waals surface area contributed by atoms with E-state index in [1.807, 2.05) is 0 Å². The van der Waals surface area contributed by atoms with Crippen molar-refractivity contribution in [2.75, 3.05) is 0 Å². The first-order valence-electron chi connectivity index (χ1n) is 5.25. The van der Waals surface area contributed by atoms with Crippen molar-refractivity contribution in [3.05, 3.63) is 0 Å². The van der Waals surface area contributed by atoms with Crippen LogP contribution < -0.4 is 0 Å². The first kappa shape index (κ1) is 8.28. The lowest BCUT2D eigenvalue weighted by Gasteiger charge is -2.36. The third-order valence-electron chi connectivity index (χ3n) is 4.04. The lowest BCUT2D eigenvalue weighted by molar-refractivity contribution is -0.124. The molecule has 2 aliphatic carbocycles. The molecule has 0 amide bonds. The first-order chi connectivity index (χ1) is 5.73. The van der Waals surface area contributed by atoms with E-state index in [4.69, 9.17) is 0 Å². The minimum atomic E-state index is 0.454. The molecule has 2 atom stereocenters. The summed E-state index contributed by atoms with van der Waals surface area (Å²) >= 11 is 0. The average Bonchev–Trinajstić information content (AvgIpc) is 2.33. The zero-order valence-corrected chi connectivity index (χ0v) is 7.94. The van der Waals surface area contributed by atoms with Gasteiger partial charge in [-0.05, 0) is 30.6 Å². The number of ketones is 1. The van der Waals surface area contributed by atoms with E-state index in [1.165, 1.54) is 25.7 Å².